The Morgan fingerprint density at radius 1 is 0.800 bits per heavy atom. The molecule has 0 amide bonds. The molecule has 3 aromatic carbocycles. The first-order chi connectivity index (χ1) is 16.8. The maximum absolute atomic E-state index is 13.0. The van der Waals surface area contributed by atoms with Crippen molar-refractivity contribution in [2.24, 2.45) is 5.92 Å². The molecule has 0 spiro atoms. The van der Waals surface area contributed by atoms with Crippen molar-refractivity contribution in [1.29, 1.82) is 0 Å². The number of benzene rings is 3. The molecule has 2 aliphatic heterocycles. The second-order valence-corrected chi connectivity index (χ2v) is 12.8. The number of hydrogen-bond acceptors (Lipinski definition) is 4. The second kappa shape index (κ2) is 10.1. The molecule has 2 saturated heterocycles. The van der Waals surface area contributed by atoms with Gasteiger partial charge in [0.15, 0.2) is 9.84 Å². The molecule has 7 heteroatoms. The normalized spacial score (nSPS) is 18.1. The fraction of sp³-hybridized carbons (Fsp3) is 0.357. The van der Waals surface area contributed by atoms with Gasteiger partial charge >= 0.3 is 0 Å². The fourth-order valence-electron chi connectivity index (χ4n) is 5.60. The summed E-state index contributed by atoms with van der Waals surface area (Å²) in [6.07, 6.45) is 3.75. The van der Waals surface area contributed by atoms with Crippen LogP contribution in [0.1, 0.15) is 40.8 Å². The Morgan fingerprint density at radius 2 is 1.34 bits per heavy atom. The Hall–Kier alpha value is -2.05. The van der Waals surface area contributed by atoms with Crippen LogP contribution in [0.3, 0.4) is 0 Å². The van der Waals surface area contributed by atoms with Crippen LogP contribution in [0.4, 0.5) is 5.69 Å². The summed E-state index contributed by atoms with van der Waals surface area (Å²) in [7, 11) is -3.29. The third kappa shape index (κ3) is 5.39. The van der Waals surface area contributed by atoms with E-state index >= 15 is 0 Å². The van der Waals surface area contributed by atoms with E-state index in [4.69, 9.17) is 23.2 Å². The number of likely N-dealkylation sites (tertiary alicyclic amines) is 1. The van der Waals surface area contributed by atoms with Crippen molar-refractivity contribution < 1.29 is 8.42 Å². The molecule has 1 atom stereocenters. The molecule has 0 aromatic heterocycles. The summed E-state index contributed by atoms with van der Waals surface area (Å²) in [4.78, 5) is 4.70. The van der Waals surface area contributed by atoms with E-state index in [1.54, 1.807) is 0 Å². The van der Waals surface area contributed by atoms with Gasteiger partial charge in [0.05, 0.1) is 11.3 Å². The van der Waals surface area contributed by atoms with Gasteiger partial charge in [0.1, 0.15) is 0 Å². The van der Waals surface area contributed by atoms with Gasteiger partial charge in [0.25, 0.3) is 0 Å². The largest absolute Gasteiger partial charge is 0.372 e. The summed E-state index contributed by atoms with van der Waals surface area (Å²) in [5, 5.41) is 0.873. The number of nitrogens with zero attached hydrogens (tertiary/aromatic N) is 2. The Balaban J connectivity index is 1.42. The van der Waals surface area contributed by atoms with Gasteiger partial charge in [0, 0.05) is 54.1 Å². The topological polar surface area (TPSA) is 40.6 Å². The van der Waals surface area contributed by atoms with Gasteiger partial charge in [-0.15, -0.1) is 0 Å². The van der Waals surface area contributed by atoms with Crippen molar-refractivity contribution in [2.45, 2.75) is 24.1 Å². The first-order valence-electron chi connectivity index (χ1n) is 12.1. The first kappa shape index (κ1) is 24.6. The number of hydrogen-bond donors (Lipinski definition) is 0. The van der Waals surface area contributed by atoms with Crippen molar-refractivity contribution in [2.75, 3.05) is 37.3 Å². The minimum atomic E-state index is -3.29. The van der Waals surface area contributed by atoms with Gasteiger partial charge in [-0.2, -0.15) is 0 Å². The first-order valence-corrected chi connectivity index (χ1v) is 14.8. The van der Waals surface area contributed by atoms with Gasteiger partial charge in [0.2, 0.25) is 0 Å². The van der Waals surface area contributed by atoms with E-state index < -0.39 is 15.1 Å². The molecule has 3 aromatic rings. The molecule has 5 rings (SSSR count). The summed E-state index contributed by atoms with van der Waals surface area (Å²) in [6.45, 7) is 3.46. The lowest BCUT2D eigenvalue weighted by molar-refractivity contribution is 0.0655. The van der Waals surface area contributed by atoms with Crippen molar-refractivity contribution in [3.63, 3.8) is 0 Å². The molecule has 35 heavy (non-hydrogen) atoms. The lowest BCUT2D eigenvalue weighted by atomic mass is 9.86. The Bertz CT molecular complexity index is 1220. The molecule has 2 heterocycles. The quantitative estimate of drug-likeness (QED) is 0.355. The van der Waals surface area contributed by atoms with Crippen LogP contribution in [0.15, 0.2) is 72.8 Å². The molecule has 1 unspecified atom stereocenters. The van der Waals surface area contributed by atoms with Crippen molar-refractivity contribution >= 4 is 38.7 Å². The van der Waals surface area contributed by atoms with E-state index in [0.29, 0.717) is 23.1 Å². The average molecular weight is 530 g/mol. The maximum Gasteiger partial charge on any atom is 0.154 e. The van der Waals surface area contributed by atoms with Crippen molar-refractivity contribution in [1.82, 2.24) is 4.90 Å². The van der Waals surface area contributed by atoms with Crippen LogP contribution in [-0.2, 0) is 9.84 Å². The molecule has 4 nitrogen and oxygen atoms in total. The van der Waals surface area contributed by atoms with Gasteiger partial charge < -0.3 is 4.90 Å². The lowest BCUT2D eigenvalue weighted by Gasteiger charge is -2.47. The van der Waals surface area contributed by atoms with Crippen LogP contribution >= 0.6 is 23.2 Å². The molecule has 2 aliphatic rings. The van der Waals surface area contributed by atoms with Crippen LogP contribution in [-0.4, -0.2) is 45.8 Å². The Labute approximate surface area is 218 Å². The standard InChI is InChI=1S/C28H30Cl2N2O2S/c1-35(33,34)28(22-5-4-6-26(17-22)31-15-2-3-16-31)23-18-32(19-23)27(20-7-11-24(29)12-8-20)21-9-13-25(30)14-10-21/h4-14,17,23,27-28H,2-3,15-16,18-19H2,1H3. The van der Waals surface area contributed by atoms with Gasteiger partial charge in [-0.25, -0.2) is 8.42 Å². The number of rotatable bonds is 7. The number of halogens is 2. The molecule has 0 radical (unpaired) electrons. The lowest BCUT2D eigenvalue weighted by Crippen LogP contribution is -2.52. The second-order valence-electron chi connectivity index (χ2n) is 9.76. The van der Waals surface area contributed by atoms with E-state index in [1.807, 2.05) is 60.7 Å². The molecule has 0 aliphatic carbocycles. The maximum atomic E-state index is 13.0. The van der Waals surface area contributed by atoms with Crippen LogP contribution in [0.5, 0.6) is 0 Å². The molecule has 0 N–H and O–H groups in total. The molecule has 2 fully saturated rings. The van der Waals surface area contributed by atoms with Crippen molar-refractivity contribution in [3.05, 3.63) is 99.5 Å². The molecular weight excluding hydrogens is 499 g/mol. The van der Waals surface area contributed by atoms with E-state index in [-0.39, 0.29) is 12.0 Å². The van der Waals surface area contributed by atoms with Gasteiger partial charge in [-0.3, -0.25) is 4.90 Å². The Kier molecular flexibility index (Phi) is 7.13. The van der Waals surface area contributed by atoms with Crippen LogP contribution in [0.25, 0.3) is 0 Å². The highest BCUT2D eigenvalue weighted by atomic mass is 35.5. The summed E-state index contributed by atoms with van der Waals surface area (Å²) in [5.41, 5.74) is 4.28. The molecule has 0 saturated carbocycles. The monoisotopic (exact) mass is 528 g/mol. The number of anilines is 1. The van der Waals surface area contributed by atoms with Crippen LogP contribution in [0.2, 0.25) is 10.0 Å². The smallest absolute Gasteiger partial charge is 0.154 e. The highest BCUT2D eigenvalue weighted by molar-refractivity contribution is 7.90. The zero-order valence-corrected chi connectivity index (χ0v) is 22.1. The van der Waals surface area contributed by atoms with E-state index in [1.165, 1.54) is 19.1 Å². The SMILES string of the molecule is CS(=O)(=O)C(c1cccc(N2CCCC2)c1)C1CN(C(c2ccc(Cl)cc2)c2ccc(Cl)cc2)C1. The summed E-state index contributed by atoms with van der Waals surface area (Å²) in [6, 6.07) is 24.0. The third-order valence-electron chi connectivity index (χ3n) is 7.23. The highest BCUT2D eigenvalue weighted by Crippen LogP contribution is 2.42. The highest BCUT2D eigenvalue weighted by Gasteiger charge is 2.43. The predicted octanol–water partition coefficient (Wildman–Crippen LogP) is 6.40. The van der Waals surface area contributed by atoms with Crippen LogP contribution in [0, 0.1) is 5.92 Å². The summed E-state index contributed by atoms with van der Waals surface area (Å²) < 4.78 is 26.1. The zero-order chi connectivity index (χ0) is 24.6. The Morgan fingerprint density at radius 3 is 1.86 bits per heavy atom. The van der Waals surface area contributed by atoms with E-state index in [0.717, 1.165) is 35.5 Å². The van der Waals surface area contributed by atoms with Crippen LogP contribution < -0.4 is 4.90 Å². The third-order valence-corrected chi connectivity index (χ3v) is 9.32. The van der Waals surface area contributed by atoms with Crippen molar-refractivity contribution in [3.8, 4) is 0 Å². The van der Waals surface area contributed by atoms with Gasteiger partial charge in [-0.05, 0) is 65.9 Å². The fourth-order valence-corrected chi connectivity index (χ4v) is 7.36. The summed E-state index contributed by atoms with van der Waals surface area (Å²) in [5.74, 6) is 0.0286. The number of sulfone groups is 1. The van der Waals surface area contributed by atoms with E-state index in [2.05, 4.69) is 21.9 Å². The molecular formula is C28H30Cl2N2O2S. The average Bonchev–Trinajstić information content (AvgIpc) is 3.34. The molecule has 184 valence electrons. The predicted molar refractivity (Wildman–Crippen MR) is 145 cm³/mol. The minimum Gasteiger partial charge on any atom is -0.372 e. The van der Waals surface area contributed by atoms with Gasteiger partial charge in [-0.1, -0.05) is 59.6 Å². The molecule has 0 bridgehead atoms. The minimum absolute atomic E-state index is 0.0110. The zero-order valence-electron chi connectivity index (χ0n) is 19.8. The van der Waals surface area contributed by atoms with E-state index in [9.17, 15) is 8.42 Å². The summed E-state index contributed by atoms with van der Waals surface area (Å²) >= 11 is 12.3.